The van der Waals surface area contributed by atoms with Gasteiger partial charge in [0.2, 0.25) is 10.0 Å². The average molecular weight is 249 g/mol. The van der Waals surface area contributed by atoms with Crippen LogP contribution in [0.25, 0.3) is 0 Å². The molecule has 5 heteroatoms. The molecule has 16 heavy (non-hydrogen) atoms. The normalized spacial score (nSPS) is 23.5. The van der Waals surface area contributed by atoms with Crippen LogP contribution in [0.2, 0.25) is 0 Å². The van der Waals surface area contributed by atoms with Crippen LogP contribution < -0.4 is 4.72 Å². The number of rotatable bonds is 5. The Morgan fingerprint density at radius 2 is 1.88 bits per heavy atom. The molecule has 0 radical (unpaired) electrons. The van der Waals surface area contributed by atoms with Crippen LogP contribution >= 0.6 is 0 Å². The fourth-order valence-electron chi connectivity index (χ4n) is 1.32. The van der Waals surface area contributed by atoms with Crippen LogP contribution in [-0.4, -0.2) is 31.9 Å². The van der Waals surface area contributed by atoms with Gasteiger partial charge in [-0.25, -0.2) is 13.1 Å². The van der Waals surface area contributed by atoms with Gasteiger partial charge in [-0.15, -0.1) is 0 Å². The molecule has 0 spiro atoms. The van der Waals surface area contributed by atoms with Gasteiger partial charge in [0.1, 0.15) is 0 Å². The zero-order chi connectivity index (χ0) is 12.6. The second kappa shape index (κ2) is 4.63. The highest BCUT2D eigenvalue weighted by Crippen LogP contribution is 2.22. The first kappa shape index (κ1) is 13.9. The first-order valence-corrected chi connectivity index (χ1v) is 7.25. The number of hydrogen-bond donors (Lipinski definition) is 1. The minimum absolute atomic E-state index is 0.0308. The molecule has 0 aliphatic carbocycles. The molecule has 1 fully saturated rings. The standard InChI is InChI=1S/C11H23NO3S/c1-8(2)10(6-9-7-15-9)12-16(13,14)11(3,4)5/h8-10,12H,6-7H2,1-5H3/t9-,10-/m1/s1. The lowest BCUT2D eigenvalue weighted by Crippen LogP contribution is -2.47. The Labute approximate surface area is 98.8 Å². The van der Waals surface area contributed by atoms with Crippen molar-refractivity contribution in [2.24, 2.45) is 5.92 Å². The van der Waals surface area contributed by atoms with Gasteiger partial charge in [-0.2, -0.15) is 0 Å². The van der Waals surface area contributed by atoms with Crippen LogP contribution in [0.4, 0.5) is 0 Å². The van der Waals surface area contributed by atoms with Crippen molar-refractivity contribution < 1.29 is 13.2 Å². The van der Waals surface area contributed by atoms with Crippen LogP contribution in [0.5, 0.6) is 0 Å². The summed E-state index contributed by atoms with van der Waals surface area (Å²) in [6, 6.07) is -0.0308. The van der Waals surface area contributed by atoms with Gasteiger partial charge in [0.15, 0.2) is 0 Å². The van der Waals surface area contributed by atoms with Gasteiger partial charge in [-0.3, -0.25) is 0 Å². The number of epoxide rings is 1. The van der Waals surface area contributed by atoms with E-state index in [9.17, 15) is 8.42 Å². The van der Waals surface area contributed by atoms with E-state index in [0.29, 0.717) is 0 Å². The number of sulfonamides is 1. The lowest BCUT2D eigenvalue weighted by Gasteiger charge is -2.27. The second-order valence-electron chi connectivity index (χ2n) is 5.78. The Hall–Kier alpha value is -0.130. The van der Waals surface area contributed by atoms with E-state index in [2.05, 4.69) is 4.72 Å². The van der Waals surface area contributed by atoms with Crippen molar-refractivity contribution in [3.05, 3.63) is 0 Å². The molecule has 0 saturated carbocycles. The molecular weight excluding hydrogens is 226 g/mol. The monoisotopic (exact) mass is 249 g/mol. The zero-order valence-corrected chi connectivity index (χ0v) is 11.6. The summed E-state index contributed by atoms with van der Waals surface area (Å²) in [6.07, 6.45) is 1.02. The van der Waals surface area contributed by atoms with Crippen molar-refractivity contribution in [3.63, 3.8) is 0 Å². The van der Waals surface area contributed by atoms with E-state index in [0.717, 1.165) is 13.0 Å². The van der Waals surface area contributed by atoms with Crippen molar-refractivity contribution in [3.8, 4) is 0 Å². The van der Waals surface area contributed by atoms with Gasteiger partial charge in [0, 0.05) is 6.04 Å². The summed E-state index contributed by atoms with van der Waals surface area (Å²) >= 11 is 0. The molecule has 1 aliphatic rings. The van der Waals surface area contributed by atoms with E-state index in [1.165, 1.54) is 0 Å². The molecule has 0 bridgehead atoms. The van der Waals surface area contributed by atoms with Crippen molar-refractivity contribution in [1.82, 2.24) is 4.72 Å². The predicted molar refractivity (Wildman–Crippen MR) is 64.8 cm³/mol. The molecule has 0 unspecified atom stereocenters. The average Bonchev–Trinajstić information content (AvgIpc) is 2.84. The first-order valence-electron chi connectivity index (χ1n) is 5.77. The first-order chi connectivity index (χ1) is 7.13. The smallest absolute Gasteiger partial charge is 0.216 e. The maximum atomic E-state index is 12.0. The van der Waals surface area contributed by atoms with Crippen molar-refractivity contribution >= 4 is 10.0 Å². The lowest BCUT2D eigenvalue weighted by atomic mass is 10.0. The van der Waals surface area contributed by atoms with Crippen molar-refractivity contribution in [2.75, 3.05) is 6.61 Å². The summed E-state index contributed by atoms with van der Waals surface area (Å²) in [5, 5.41) is 0. The van der Waals surface area contributed by atoms with E-state index < -0.39 is 14.8 Å². The van der Waals surface area contributed by atoms with Gasteiger partial charge in [0.25, 0.3) is 0 Å². The summed E-state index contributed by atoms with van der Waals surface area (Å²) in [6.45, 7) is 9.94. The molecule has 2 atom stereocenters. The maximum Gasteiger partial charge on any atom is 0.216 e. The summed E-state index contributed by atoms with van der Waals surface area (Å²) in [5.41, 5.74) is 0. The predicted octanol–water partition coefficient (Wildman–Crippen LogP) is 1.52. The fraction of sp³-hybridized carbons (Fsp3) is 1.00. The third-order valence-corrected chi connectivity index (χ3v) is 5.06. The van der Waals surface area contributed by atoms with E-state index in [1.54, 1.807) is 20.8 Å². The molecule has 1 saturated heterocycles. The Morgan fingerprint density at radius 3 is 2.19 bits per heavy atom. The van der Waals surface area contributed by atoms with Crippen LogP contribution in [0.1, 0.15) is 41.0 Å². The highest BCUT2D eigenvalue weighted by Gasteiger charge is 2.35. The molecule has 1 rings (SSSR count). The van der Waals surface area contributed by atoms with Crippen LogP contribution in [-0.2, 0) is 14.8 Å². The summed E-state index contributed by atoms with van der Waals surface area (Å²) in [4.78, 5) is 0. The minimum Gasteiger partial charge on any atom is -0.373 e. The molecule has 0 amide bonds. The molecular formula is C11H23NO3S. The van der Waals surface area contributed by atoms with Crippen molar-refractivity contribution in [2.45, 2.75) is 57.9 Å². The molecule has 1 heterocycles. The third kappa shape index (κ3) is 3.71. The molecule has 4 nitrogen and oxygen atoms in total. The highest BCUT2D eigenvalue weighted by atomic mass is 32.2. The van der Waals surface area contributed by atoms with E-state index in [4.69, 9.17) is 4.74 Å². The largest absolute Gasteiger partial charge is 0.373 e. The summed E-state index contributed by atoms with van der Waals surface area (Å²) in [5.74, 6) is 0.279. The maximum absolute atomic E-state index is 12.0. The van der Waals surface area contributed by atoms with Gasteiger partial charge >= 0.3 is 0 Å². The Morgan fingerprint density at radius 1 is 1.38 bits per heavy atom. The van der Waals surface area contributed by atoms with Crippen LogP contribution in [0.3, 0.4) is 0 Å². The number of hydrogen-bond acceptors (Lipinski definition) is 3. The summed E-state index contributed by atoms with van der Waals surface area (Å²) in [7, 11) is -3.27. The quantitative estimate of drug-likeness (QED) is 0.752. The van der Waals surface area contributed by atoms with Gasteiger partial charge in [0.05, 0.1) is 17.5 Å². The minimum atomic E-state index is -3.27. The van der Waals surface area contributed by atoms with E-state index in [-0.39, 0.29) is 18.1 Å². The fourth-order valence-corrected chi connectivity index (χ4v) is 2.44. The third-order valence-electron chi connectivity index (χ3n) is 2.84. The molecule has 0 aromatic rings. The molecule has 0 aromatic heterocycles. The number of nitrogens with one attached hydrogen (secondary N) is 1. The molecule has 1 N–H and O–H groups in total. The van der Waals surface area contributed by atoms with Gasteiger partial charge in [-0.05, 0) is 33.1 Å². The van der Waals surface area contributed by atoms with Crippen LogP contribution in [0.15, 0.2) is 0 Å². The Balaban J connectivity index is 2.67. The topological polar surface area (TPSA) is 58.7 Å². The number of ether oxygens (including phenoxy) is 1. The lowest BCUT2D eigenvalue weighted by molar-refractivity contribution is 0.339. The van der Waals surface area contributed by atoms with Gasteiger partial charge < -0.3 is 4.74 Å². The van der Waals surface area contributed by atoms with Crippen molar-refractivity contribution in [1.29, 1.82) is 0 Å². The Kier molecular flexibility index (Phi) is 4.03. The highest BCUT2D eigenvalue weighted by molar-refractivity contribution is 7.90. The van der Waals surface area contributed by atoms with E-state index in [1.807, 2.05) is 13.8 Å². The molecule has 96 valence electrons. The zero-order valence-electron chi connectivity index (χ0n) is 10.8. The van der Waals surface area contributed by atoms with E-state index >= 15 is 0 Å². The second-order valence-corrected chi connectivity index (χ2v) is 8.24. The molecule has 0 aromatic carbocycles. The molecule has 1 aliphatic heterocycles. The van der Waals surface area contributed by atoms with Crippen LogP contribution in [0, 0.1) is 5.92 Å². The SMILES string of the molecule is CC(C)[C@@H](C[C@@H]1CO1)NS(=O)(=O)C(C)(C)C. The Bertz CT molecular complexity index is 326. The summed E-state index contributed by atoms with van der Waals surface area (Å²) < 4.78 is 31.2. The van der Waals surface area contributed by atoms with Gasteiger partial charge in [-0.1, -0.05) is 13.8 Å².